The molecule has 1 atom stereocenters. The zero-order chi connectivity index (χ0) is 27.6. The van der Waals surface area contributed by atoms with Gasteiger partial charge in [0.2, 0.25) is 5.91 Å². The highest BCUT2D eigenvalue weighted by Crippen LogP contribution is 2.32. The summed E-state index contributed by atoms with van der Waals surface area (Å²) in [6.45, 7) is 2.39. The summed E-state index contributed by atoms with van der Waals surface area (Å²) in [5.74, 6) is -5.39. The molecule has 0 saturated carbocycles. The maximum atomic E-state index is 13.8. The Kier molecular flexibility index (Phi) is 7.02. The largest absolute Gasteiger partial charge is 0.325 e. The van der Waals surface area contributed by atoms with Crippen LogP contribution >= 0.6 is 0 Å². The number of halogens is 2. The van der Waals surface area contributed by atoms with Crippen LogP contribution in [0.25, 0.3) is 11.1 Å². The lowest BCUT2D eigenvalue weighted by molar-refractivity contribution is -0.127. The Hall–Kier alpha value is -4.72. The lowest BCUT2D eigenvalue weighted by atomic mass is 9.98. The van der Waals surface area contributed by atoms with Gasteiger partial charge < -0.3 is 5.32 Å². The number of hydrogen-bond donors (Lipinski definition) is 1. The van der Waals surface area contributed by atoms with Crippen LogP contribution in [-0.2, 0) is 21.9 Å². The summed E-state index contributed by atoms with van der Waals surface area (Å²) in [6.07, 6.45) is 4.07. The van der Waals surface area contributed by atoms with E-state index in [2.05, 4.69) is 15.4 Å². The predicted molar refractivity (Wildman–Crippen MR) is 148 cm³/mol. The second-order valence-electron chi connectivity index (χ2n) is 9.58. The van der Waals surface area contributed by atoms with E-state index in [1.807, 2.05) is 60.7 Å². The summed E-state index contributed by atoms with van der Waals surface area (Å²) in [4.78, 5) is 30.9. The third-order valence-electron chi connectivity index (χ3n) is 6.50. The van der Waals surface area contributed by atoms with Gasteiger partial charge in [-0.1, -0.05) is 54.6 Å². The van der Waals surface area contributed by atoms with Crippen molar-refractivity contribution < 1.29 is 18.4 Å². The standard InChI is InChI=1S/C31H26F2N4O2/c1-20-28(29(38)35-26-12-6-11-25(18-26)31(2,32)33)30(39)37(36-20)27-16-22(14-21-8-4-3-5-9-21)15-24(17-27)23-10-7-13-34-19-23/h3-13,15-19,28H,14H2,1-2H3,(H,35,38). The Bertz CT molecular complexity index is 1550. The number of pyridine rings is 1. The third kappa shape index (κ3) is 5.75. The Labute approximate surface area is 225 Å². The van der Waals surface area contributed by atoms with Gasteiger partial charge in [-0.25, -0.2) is 8.78 Å². The number of benzene rings is 3. The van der Waals surface area contributed by atoms with Gasteiger partial charge in [-0.05, 0) is 60.4 Å². The molecule has 0 aliphatic carbocycles. The fourth-order valence-electron chi connectivity index (χ4n) is 4.57. The van der Waals surface area contributed by atoms with E-state index in [4.69, 9.17) is 0 Å². The Morgan fingerprint density at radius 1 is 0.949 bits per heavy atom. The third-order valence-corrected chi connectivity index (χ3v) is 6.50. The molecule has 2 amide bonds. The summed E-state index contributed by atoms with van der Waals surface area (Å²) >= 11 is 0. The zero-order valence-corrected chi connectivity index (χ0v) is 21.4. The van der Waals surface area contributed by atoms with Crippen molar-refractivity contribution in [1.29, 1.82) is 0 Å². The molecule has 1 aliphatic rings. The van der Waals surface area contributed by atoms with Crippen LogP contribution in [0.15, 0.2) is 102 Å². The van der Waals surface area contributed by atoms with Crippen molar-refractivity contribution in [2.24, 2.45) is 11.0 Å². The van der Waals surface area contributed by atoms with Gasteiger partial charge in [0.25, 0.3) is 11.8 Å². The highest BCUT2D eigenvalue weighted by molar-refractivity contribution is 6.28. The number of aromatic nitrogens is 1. The first-order chi connectivity index (χ1) is 18.7. The van der Waals surface area contributed by atoms with Gasteiger partial charge >= 0.3 is 0 Å². The molecule has 1 aliphatic heterocycles. The summed E-state index contributed by atoms with van der Waals surface area (Å²) in [5, 5.41) is 8.27. The Morgan fingerprint density at radius 3 is 2.46 bits per heavy atom. The van der Waals surface area contributed by atoms with E-state index in [0.717, 1.165) is 29.2 Å². The van der Waals surface area contributed by atoms with Crippen molar-refractivity contribution >= 4 is 28.9 Å². The van der Waals surface area contributed by atoms with Crippen molar-refractivity contribution in [2.45, 2.75) is 26.2 Å². The van der Waals surface area contributed by atoms with E-state index in [-0.39, 0.29) is 11.3 Å². The summed E-state index contributed by atoms with van der Waals surface area (Å²) < 4.78 is 27.5. The van der Waals surface area contributed by atoms with Crippen LogP contribution in [0.5, 0.6) is 0 Å². The van der Waals surface area contributed by atoms with Crippen molar-refractivity contribution in [1.82, 2.24) is 4.98 Å². The molecule has 0 bridgehead atoms. The number of alkyl halides is 2. The van der Waals surface area contributed by atoms with Gasteiger partial charge in [0, 0.05) is 36.1 Å². The molecule has 2 heterocycles. The minimum atomic E-state index is -3.06. The van der Waals surface area contributed by atoms with E-state index in [1.54, 1.807) is 19.3 Å². The second kappa shape index (κ2) is 10.6. The number of anilines is 2. The van der Waals surface area contributed by atoms with E-state index < -0.39 is 23.7 Å². The lowest BCUT2D eigenvalue weighted by Gasteiger charge is -2.18. The number of amides is 2. The number of carbonyl (C=O) groups excluding carboxylic acids is 2. The van der Waals surface area contributed by atoms with Crippen molar-refractivity contribution in [3.05, 3.63) is 114 Å². The fraction of sp³-hybridized carbons (Fsp3) is 0.161. The molecule has 8 heteroatoms. The maximum Gasteiger partial charge on any atom is 0.270 e. The first-order valence-corrected chi connectivity index (χ1v) is 12.5. The molecule has 196 valence electrons. The van der Waals surface area contributed by atoms with Crippen molar-refractivity contribution in [3.63, 3.8) is 0 Å². The predicted octanol–water partition coefficient (Wildman–Crippen LogP) is 6.43. The molecule has 5 rings (SSSR count). The molecule has 0 fully saturated rings. The van der Waals surface area contributed by atoms with E-state index in [1.165, 1.54) is 29.3 Å². The minimum absolute atomic E-state index is 0.182. The number of hydrogen-bond acceptors (Lipinski definition) is 4. The number of rotatable bonds is 7. The highest BCUT2D eigenvalue weighted by Gasteiger charge is 2.40. The van der Waals surface area contributed by atoms with Crippen molar-refractivity contribution in [3.8, 4) is 11.1 Å². The maximum absolute atomic E-state index is 13.8. The van der Waals surface area contributed by atoms with Crippen LogP contribution in [0, 0.1) is 5.92 Å². The molecule has 6 nitrogen and oxygen atoms in total. The van der Waals surface area contributed by atoms with Gasteiger partial charge in [-0.2, -0.15) is 10.1 Å². The summed E-state index contributed by atoms with van der Waals surface area (Å²) in [5.41, 5.74) is 4.59. The Balaban J connectivity index is 1.44. The Morgan fingerprint density at radius 2 is 1.74 bits per heavy atom. The quantitative estimate of drug-likeness (QED) is 0.283. The van der Waals surface area contributed by atoms with E-state index >= 15 is 0 Å². The first-order valence-electron chi connectivity index (χ1n) is 12.5. The van der Waals surface area contributed by atoms with Crippen LogP contribution in [0.4, 0.5) is 20.2 Å². The van der Waals surface area contributed by atoms with Gasteiger partial charge in [0.15, 0.2) is 5.92 Å². The van der Waals surface area contributed by atoms with Crippen LogP contribution < -0.4 is 10.3 Å². The summed E-state index contributed by atoms with van der Waals surface area (Å²) in [6, 6.07) is 24.9. The smallest absolute Gasteiger partial charge is 0.270 e. The molecule has 1 aromatic heterocycles. The van der Waals surface area contributed by atoms with Gasteiger partial charge in [-0.3, -0.25) is 14.6 Å². The second-order valence-corrected chi connectivity index (χ2v) is 9.58. The molecule has 4 aromatic rings. The highest BCUT2D eigenvalue weighted by atomic mass is 19.3. The molecule has 0 radical (unpaired) electrons. The normalized spacial score (nSPS) is 15.3. The van der Waals surface area contributed by atoms with Crippen LogP contribution in [-0.4, -0.2) is 22.5 Å². The average Bonchev–Trinajstić information content (AvgIpc) is 3.23. The minimum Gasteiger partial charge on any atom is -0.325 e. The number of nitrogens with one attached hydrogen (secondary N) is 1. The summed E-state index contributed by atoms with van der Waals surface area (Å²) in [7, 11) is 0. The van der Waals surface area contributed by atoms with Gasteiger partial charge in [0.1, 0.15) is 0 Å². The monoisotopic (exact) mass is 524 g/mol. The van der Waals surface area contributed by atoms with E-state index in [0.29, 0.717) is 17.8 Å². The first kappa shape index (κ1) is 25.9. The van der Waals surface area contributed by atoms with Crippen LogP contribution in [0.3, 0.4) is 0 Å². The molecule has 0 saturated heterocycles. The van der Waals surface area contributed by atoms with Crippen LogP contribution in [0.1, 0.15) is 30.5 Å². The van der Waals surface area contributed by atoms with Gasteiger partial charge in [-0.15, -0.1) is 0 Å². The number of nitrogens with zero attached hydrogens (tertiary/aromatic N) is 3. The van der Waals surface area contributed by atoms with Crippen molar-refractivity contribution in [2.75, 3.05) is 10.3 Å². The molecule has 1 N–H and O–H groups in total. The average molecular weight is 525 g/mol. The molecule has 39 heavy (non-hydrogen) atoms. The number of hydrazone groups is 1. The fourth-order valence-corrected chi connectivity index (χ4v) is 4.57. The number of carbonyl (C=O) groups is 2. The van der Waals surface area contributed by atoms with Crippen LogP contribution in [0.2, 0.25) is 0 Å². The van der Waals surface area contributed by atoms with E-state index in [9.17, 15) is 18.4 Å². The topological polar surface area (TPSA) is 74.7 Å². The van der Waals surface area contributed by atoms with Gasteiger partial charge in [0.05, 0.1) is 11.4 Å². The molecular weight excluding hydrogens is 498 g/mol. The molecule has 1 unspecified atom stereocenters. The lowest BCUT2D eigenvalue weighted by Crippen LogP contribution is -2.36. The molecular formula is C31H26F2N4O2. The molecule has 0 spiro atoms. The SMILES string of the molecule is CC1=NN(c2cc(Cc3ccccc3)cc(-c3cccnc3)c2)C(=O)C1C(=O)Nc1cccc(C(C)(F)F)c1. The zero-order valence-electron chi connectivity index (χ0n) is 21.4. The molecule has 3 aromatic carbocycles.